The van der Waals surface area contributed by atoms with E-state index in [0.717, 1.165) is 19.4 Å². The molecule has 3 heterocycles. The number of ether oxygens (including phenoxy) is 1. The van der Waals surface area contributed by atoms with Gasteiger partial charge < -0.3 is 15.0 Å². The van der Waals surface area contributed by atoms with Crippen LogP contribution in [-0.2, 0) is 24.0 Å². The lowest BCUT2D eigenvalue weighted by Crippen LogP contribution is -2.50. The maximum absolute atomic E-state index is 12.5. The van der Waals surface area contributed by atoms with Gasteiger partial charge in [-0.1, -0.05) is 0 Å². The van der Waals surface area contributed by atoms with Crippen LogP contribution >= 0.6 is 0 Å². The van der Waals surface area contributed by atoms with Crippen molar-refractivity contribution in [2.45, 2.75) is 50.7 Å². The van der Waals surface area contributed by atoms with Crippen molar-refractivity contribution in [1.82, 2.24) is 20.8 Å². The average molecular weight is 370 g/mol. The number of esters is 1. The quantitative estimate of drug-likeness (QED) is 0.440. The second-order valence-electron chi connectivity index (χ2n) is 6.66. The van der Waals surface area contributed by atoms with E-state index in [1.54, 1.807) is 6.92 Å². The van der Waals surface area contributed by atoms with Crippen molar-refractivity contribution in [3.8, 4) is 0 Å². The Morgan fingerprint density at radius 1 is 1.31 bits per heavy atom. The summed E-state index contributed by atoms with van der Waals surface area (Å²) < 4.78 is 4.79. The Labute approximate surface area is 152 Å². The fourth-order valence-corrected chi connectivity index (χ4v) is 3.58. The third-order valence-electron chi connectivity index (χ3n) is 4.87. The smallest absolute Gasteiger partial charge is 0.345 e. The van der Waals surface area contributed by atoms with Crippen LogP contribution in [0.2, 0.25) is 0 Å². The third kappa shape index (κ3) is 4.25. The van der Waals surface area contributed by atoms with Crippen molar-refractivity contribution < 1.29 is 28.8 Å². The van der Waals surface area contributed by atoms with Crippen molar-refractivity contribution in [2.75, 3.05) is 32.9 Å². The minimum absolute atomic E-state index is 0.162. The Balaban J connectivity index is 1.47. The highest BCUT2D eigenvalue weighted by molar-refractivity contribution is 5.88. The molecule has 3 amide bonds. The molecule has 0 aromatic carbocycles. The number of hydroxylamine groups is 3. The number of nitrogens with zero attached hydrogens (tertiary/aromatic N) is 2. The molecule has 10 nitrogen and oxygen atoms in total. The van der Waals surface area contributed by atoms with Crippen molar-refractivity contribution in [2.24, 2.45) is 0 Å². The first-order chi connectivity index (χ1) is 12.6. The van der Waals surface area contributed by atoms with Gasteiger partial charge in [0.2, 0.25) is 0 Å². The summed E-state index contributed by atoms with van der Waals surface area (Å²) in [7, 11) is 0. The van der Waals surface area contributed by atoms with Crippen LogP contribution in [0.25, 0.3) is 0 Å². The minimum atomic E-state index is -0.591. The van der Waals surface area contributed by atoms with Crippen LogP contribution in [0.4, 0.5) is 4.79 Å². The lowest BCUT2D eigenvalue weighted by Gasteiger charge is -2.29. The molecule has 0 saturated carbocycles. The molecule has 146 valence electrons. The number of amides is 3. The molecule has 3 aliphatic rings. The van der Waals surface area contributed by atoms with Gasteiger partial charge in [-0.2, -0.15) is 5.06 Å². The Morgan fingerprint density at radius 2 is 2.15 bits per heavy atom. The molecule has 0 radical (unpaired) electrons. The largest absolute Gasteiger partial charge is 0.464 e. The van der Waals surface area contributed by atoms with Gasteiger partial charge in [-0.25, -0.2) is 15.1 Å². The van der Waals surface area contributed by atoms with Crippen molar-refractivity contribution in [3.63, 3.8) is 0 Å². The van der Waals surface area contributed by atoms with Crippen molar-refractivity contribution in [1.29, 1.82) is 0 Å². The molecule has 3 rings (SSSR count). The fourth-order valence-electron chi connectivity index (χ4n) is 3.58. The van der Waals surface area contributed by atoms with E-state index in [9.17, 15) is 14.4 Å². The predicted molar refractivity (Wildman–Crippen MR) is 88.5 cm³/mol. The van der Waals surface area contributed by atoms with E-state index in [4.69, 9.17) is 14.4 Å². The van der Waals surface area contributed by atoms with Gasteiger partial charge in [0, 0.05) is 12.6 Å². The first-order valence-electron chi connectivity index (χ1n) is 9.13. The number of urea groups is 1. The molecular formula is C16H26N4O6. The molecule has 3 aliphatic heterocycles. The molecule has 3 atom stereocenters. The number of rotatable bonds is 8. The molecule has 26 heavy (non-hydrogen) atoms. The van der Waals surface area contributed by atoms with Gasteiger partial charge in [-0.15, -0.1) is 0 Å². The van der Waals surface area contributed by atoms with Crippen LogP contribution in [-0.4, -0.2) is 78.9 Å². The topological polar surface area (TPSA) is 109 Å². The maximum Gasteiger partial charge on any atom is 0.345 e. The zero-order valence-electron chi connectivity index (χ0n) is 14.9. The molecule has 10 heteroatoms. The van der Waals surface area contributed by atoms with E-state index in [1.807, 2.05) is 0 Å². The molecule has 0 unspecified atom stereocenters. The molecular weight excluding hydrogens is 344 g/mol. The van der Waals surface area contributed by atoms with Gasteiger partial charge >= 0.3 is 12.0 Å². The summed E-state index contributed by atoms with van der Waals surface area (Å²) in [6.07, 6.45) is 3.27. The summed E-state index contributed by atoms with van der Waals surface area (Å²) in [5.74, 6) is -0.859. The van der Waals surface area contributed by atoms with Gasteiger partial charge in [0.25, 0.3) is 5.91 Å². The molecule has 3 saturated heterocycles. The van der Waals surface area contributed by atoms with Crippen LogP contribution in [0, 0.1) is 0 Å². The van der Waals surface area contributed by atoms with Crippen molar-refractivity contribution >= 4 is 17.9 Å². The van der Waals surface area contributed by atoms with Crippen molar-refractivity contribution in [3.05, 3.63) is 0 Å². The zero-order chi connectivity index (χ0) is 18.5. The number of fused-ring (bicyclic) bond motifs is 2. The first kappa shape index (κ1) is 18.9. The zero-order valence-corrected chi connectivity index (χ0v) is 14.9. The average Bonchev–Trinajstić information content (AvgIpc) is 3.22. The SMILES string of the molecule is CCOC(=O)CON1C(=O)N2C[C@H]1CC[C@@H]2C(=O)NOC[C@@H]1CCCN1. The van der Waals surface area contributed by atoms with Crippen LogP contribution in [0.15, 0.2) is 0 Å². The van der Waals surface area contributed by atoms with E-state index in [-0.39, 0.29) is 31.2 Å². The summed E-state index contributed by atoms with van der Waals surface area (Å²) in [5.41, 5.74) is 2.46. The number of hydrogen-bond donors (Lipinski definition) is 2. The molecule has 0 aromatic rings. The number of hydrogen-bond acceptors (Lipinski definition) is 7. The van der Waals surface area contributed by atoms with E-state index in [2.05, 4.69) is 10.8 Å². The van der Waals surface area contributed by atoms with E-state index < -0.39 is 18.0 Å². The number of carbonyl (C=O) groups excluding carboxylic acids is 3. The Kier molecular flexibility index (Phi) is 6.28. The normalized spacial score (nSPS) is 27.7. The molecule has 0 spiro atoms. The van der Waals surface area contributed by atoms with Crippen LogP contribution < -0.4 is 10.8 Å². The van der Waals surface area contributed by atoms with Gasteiger partial charge in [-0.3, -0.25) is 14.5 Å². The molecule has 3 fully saturated rings. The predicted octanol–water partition coefficient (Wildman–Crippen LogP) is -0.450. The first-order valence-corrected chi connectivity index (χ1v) is 9.13. The van der Waals surface area contributed by atoms with Gasteiger partial charge in [-0.05, 0) is 39.2 Å². The fraction of sp³-hybridized carbons (Fsp3) is 0.812. The van der Waals surface area contributed by atoms with Gasteiger partial charge in [0.05, 0.1) is 19.3 Å². The van der Waals surface area contributed by atoms with Crippen LogP contribution in [0.5, 0.6) is 0 Å². The Hall–Kier alpha value is -1.91. The lowest BCUT2D eigenvalue weighted by molar-refractivity contribution is -0.172. The van der Waals surface area contributed by atoms with E-state index in [1.165, 1.54) is 9.96 Å². The highest BCUT2D eigenvalue weighted by Crippen LogP contribution is 2.30. The highest BCUT2D eigenvalue weighted by Gasteiger charge is 2.48. The number of piperidine rings is 1. The van der Waals surface area contributed by atoms with E-state index >= 15 is 0 Å². The van der Waals surface area contributed by atoms with E-state index in [0.29, 0.717) is 26.0 Å². The molecule has 0 aromatic heterocycles. The third-order valence-corrected chi connectivity index (χ3v) is 4.87. The Morgan fingerprint density at radius 3 is 2.88 bits per heavy atom. The maximum atomic E-state index is 12.5. The number of carbonyl (C=O) groups is 3. The van der Waals surface area contributed by atoms with Gasteiger partial charge in [0.15, 0.2) is 6.61 Å². The Bertz CT molecular complexity index is 539. The van der Waals surface area contributed by atoms with Crippen LogP contribution in [0.3, 0.4) is 0 Å². The standard InChI is InChI=1S/C16H26N4O6/c1-2-24-14(21)10-26-20-12-5-6-13(19(8-12)16(20)23)15(22)18-25-9-11-4-3-7-17-11/h11-13,17H,2-10H2,1H3,(H,18,22)/t11-,12+,13+/m0/s1. The second kappa shape index (κ2) is 8.65. The monoisotopic (exact) mass is 370 g/mol. The second-order valence-corrected chi connectivity index (χ2v) is 6.66. The molecule has 2 bridgehead atoms. The summed E-state index contributed by atoms with van der Waals surface area (Å²) in [5, 5.41) is 4.47. The van der Waals surface area contributed by atoms with Crippen LogP contribution in [0.1, 0.15) is 32.6 Å². The number of nitrogens with one attached hydrogen (secondary N) is 2. The molecule has 2 N–H and O–H groups in total. The minimum Gasteiger partial charge on any atom is -0.464 e. The van der Waals surface area contributed by atoms with Gasteiger partial charge in [0.1, 0.15) is 6.04 Å². The lowest BCUT2D eigenvalue weighted by atomic mass is 10.0. The summed E-state index contributed by atoms with van der Waals surface area (Å²) in [4.78, 5) is 48.4. The summed E-state index contributed by atoms with van der Waals surface area (Å²) in [6, 6.07) is -0.906. The highest BCUT2D eigenvalue weighted by atomic mass is 16.7. The summed E-state index contributed by atoms with van der Waals surface area (Å²) in [6.45, 7) is 3.40. The molecule has 0 aliphatic carbocycles. The summed E-state index contributed by atoms with van der Waals surface area (Å²) >= 11 is 0.